The van der Waals surface area contributed by atoms with Gasteiger partial charge in [0, 0.05) is 105 Å². The van der Waals surface area contributed by atoms with Crippen molar-refractivity contribution in [1.82, 2.24) is 36.0 Å². The van der Waals surface area contributed by atoms with E-state index >= 15 is 0 Å². The first-order chi connectivity index (χ1) is 25.5. The fourth-order valence-corrected chi connectivity index (χ4v) is 4.92. The Balaban J connectivity index is 6.21. The van der Waals surface area contributed by atoms with Crippen LogP contribution >= 0.6 is 0 Å². The molecular weight excluding hydrogens is 702 g/mol. The van der Waals surface area contributed by atoms with Crippen molar-refractivity contribution in [2.45, 2.75) is 67.5 Å². The second kappa shape index (κ2) is 24.4. The maximum absolute atomic E-state index is 13.7. The van der Waals surface area contributed by atoms with Crippen molar-refractivity contribution in [1.29, 1.82) is 0 Å². The summed E-state index contributed by atoms with van der Waals surface area (Å²) in [5.41, 5.74) is 1.42. The predicted molar refractivity (Wildman–Crippen MR) is 218 cm³/mol. The van der Waals surface area contributed by atoms with Crippen molar-refractivity contribution in [2.75, 3.05) is 66.5 Å². The maximum atomic E-state index is 13.7. The molecule has 0 saturated heterocycles. The van der Waals surface area contributed by atoms with Crippen LogP contribution < -0.4 is 21.3 Å². The summed E-state index contributed by atoms with van der Waals surface area (Å²) in [6.07, 6.45) is 3.00. The second-order valence-electron chi connectivity index (χ2n) is 14.5. The molecule has 1 unspecified atom stereocenters. The van der Waals surface area contributed by atoms with Crippen molar-refractivity contribution < 1.29 is 33.9 Å². The first-order valence-corrected chi connectivity index (χ1v) is 18.1. The number of aliphatic hydroxyl groups excluding tert-OH is 1. The number of allylic oxidation sites excluding steroid dienone is 2. The zero-order chi connectivity index (χ0) is 42.6. The summed E-state index contributed by atoms with van der Waals surface area (Å²) in [5, 5.41) is 21.8. The van der Waals surface area contributed by atoms with Gasteiger partial charge in [0.1, 0.15) is 6.23 Å². The molecule has 0 aromatic heterocycles. The minimum absolute atomic E-state index is 0.00817. The Hall–Kier alpha value is -5.08. The van der Waals surface area contributed by atoms with E-state index in [1.54, 1.807) is 83.3 Å². The first kappa shape index (κ1) is 49.9. The van der Waals surface area contributed by atoms with E-state index in [4.69, 9.17) is 0 Å². The van der Waals surface area contributed by atoms with Crippen LogP contribution in [0, 0.1) is 5.41 Å². The van der Waals surface area contributed by atoms with E-state index in [1.807, 2.05) is 0 Å². The molecule has 6 amide bonds. The highest BCUT2D eigenvalue weighted by atomic mass is 16.3. The number of nitrogens with zero attached hydrogens (tertiary/aromatic N) is 3. The number of nitrogens with one attached hydrogen (secondary N) is 4. The second-order valence-corrected chi connectivity index (χ2v) is 14.5. The van der Waals surface area contributed by atoms with Gasteiger partial charge in [-0.2, -0.15) is 0 Å². The number of hydrogen-bond donors (Lipinski definition) is 5. The molecule has 1 atom stereocenters. The third kappa shape index (κ3) is 18.7. The van der Waals surface area contributed by atoms with Crippen LogP contribution in [-0.2, 0) is 28.8 Å². The minimum atomic E-state index is -1.09. The van der Waals surface area contributed by atoms with E-state index in [1.165, 1.54) is 6.08 Å². The average molecular weight is 768 g/mol. The Labute approximate surface area is 328 Å². The lowest BCUT2D eigenvalue weighted by molar-refractivity contribution is -0.128. The fourth-order valence-electron chi connectivity index (χ4n) is 4.92. The number of carbonyl (C=O) groups excluding carboxylic acids is 6. The molecule has 55 heavy (non-hydrogen) atoms. The number of aliphatic hydroxyl groups is 1. The SMILES string of the molecule is C=C(C)C(=O)NCC(CNC(=O)C(=C)C)(CNC(=O)/C(C)=C\C=C(\C)C(=O)N(CCCN(C)C(=O)C(=C)C)CCCN(C)C(=O)C(=C)C)CNC(O)C(=C)C. The quantitative estimate of drug-likeness (QED) is 0.0407. The topological polar surface area (TPSA) is 180 Å². The third-order valence-corrected chi connectivity index (χ3v) is 8.62. The lowest BCUT2D eigenvalue weighted by Crippen LogP contribution is -2.57. The van der Waals surface area contributed by atoms with Crippen molar-refractivity contribution in [3.63, 3.8) is 0 Å². The molecule has 0 radical (unpaired) electrons. The molecule has 0 fully saturated rings. The van der Waals surface area contributed by atoms with Gasteiger partial charge in [0.05, 0.1) is 0 Å². The zero-order valence-corrected chi connectivity index (χ0v) is 34.6. The van der Waals surface area contributed by atoms with Gasteiger partial charge >= 0.3 is 0 Å². The molecule has 0 aromatic rings. The Morgan fingerprint density at radius 3 is 1.31 bits per heavy atom. The van der Waals surface area contributed by atoms with Crippen molar-refractivity contribution in [3.05, 3.63) is 84.1 Å². The van der Waals surface area contributed by atoms with Gasteiger partial charge in [-0.3, -0.25) is 34.1 Å². The van der Waals surface area contributed by atoms with Crippen LogP contribution in [0.5, 0.6) is 0 Å². The Kier molecular flexibility index (Phi) is 22.1. The van der Waals surface area contributed by atoms with Crippen molar-refractivity contribution in [2.24, 2.45) is 5.41 Å². The van der Waals surface area contributed by atoms with Gasteiger partial charge in [0.25, 0.3) is 0 Å². The average Bonchev–Trinajstić information content (AvgIpc) is 3.13. The smallest absolute Gasteiger partial charge is 0.249 e. The Bertz CT molecular complexity index is 1490. The van der Waals surface area contributed by atoms with Crippen LogP contribution in [0.15, 0.2) is 84.1 Å². The summed E-state index contributed by atoms with van der Waals surface area (Å²) < 4.78 is 0. The number of hydrogen-bond acceptors (Lipinski definition) is 8. The van der Waals surface area contributed by atoms with Gasteiger partial charge in [-0.1, -0.05) is 45.0 Å². The van der Waals surface area contributed by atoms with E-state index in [0.29, 0.717) is 61.3 Å². The van der Waals surface area contributed by atoms with Gasteiger partial charge in [0.2, 0.25) is 35.4 Å². The standard InChI is InChI=1S/C41H65N7O7/c1-27(2)34(49)42-23-41(24-43-35(50)28(3)4,25-44-36(51)29(5)6)26-45-37(52)32(11)17-18-33(12)40(55)48(21-15-19-46(13)38(53)30(7)8)22-16-20-47(14)39(54)31(9)10/h17-18,34,42,49H,1,3,5,7,9,15-16,19-26H2,2,4,6,8,10-14H3,(H,43,50)(H,44,51)(H,45,52)/b32-17-,33-18-. The van der Waals surface area contributed by atoms with E-state index in [9.17, 15) is 33.9 Å². The van der Waals surface area contributed by atoms with Gasteiger partial charge in [-0.05, 0) is 66.9 Å². The molecule has 0 rings (SSSR count). The van der Waals surface area contributed by atoms with Crippen LogP contribution in [0.3, 0.4) is 0 Å². The molecular formula is C41H65N7O7. The maximum Gasteiger partial charge on any atom is 0.249 e. The number of carbonyl (C=O) groups is 6. The van der Waals surface area contributed by atoms with Crippen LogP contribution in [0.25, 0.3) is 0 Å². The molecule has 306 valence electrons. The molecule has 14 heteroatoms. The summed E-state index contributed by atoms with van der Waals surface area (Å²) in [7, 11) is 3.35. The normalized spacial score (nSPS) is 12.1. The molecule has 0 aromatic carbocycles. The summed E-state index contributed by atoms with van der Waals surface area (Å²) in [6.45, 7) is 31.2. The summed E-state index contributed by atoms with van der Waals surface area (Å²) >= 11 is 0. The lowest BCUT2D eigenvalue weighted by atomic mass is 9.86. The number of rotatable bonds is 25. The monoisotopic (exact) mass is 767 g/mol. The van der Waals surface area contributed by atoms with E-state index < -0.39 is 29.4 Å². The van der Waals surface area contributed by atoms with E-state index in [2.05, 4.69) is 54.2 Å². The molecule has 14 nitrogen and oxygen atoms in total. The van der Waals surface area contributed by atoms with Crippen LogP contribution in [-0.4, -0.2) is 128 Å². The molecule has 0 bridgehead atoms. The third-order valence-electron chi connectivity index (χ3n) is 8.62. The highest BCUT2D eigenvalue weighted by Gasteiger charge is 2.33. The molecule has 0 spiro atoms. The largest absolute Gasteiger partial charge is 0.375 e. The van der Waals surface area contributed by atoms with Crippen LogP contribution in [0.4, 0.5) is 0 Å². The Morgan fingerprint density at radius 2 is 0.945 bits per heavy atom. The van der Waals surface area contributed by atoms with Gasteiger partial charge in [-0.25, -0.2) is 0 Å². The molecule has 0 heterocycles. The van der Waals surface area contributed by atoms with Crippen molar-refractivity contribution in [3.8, 4) is 0 Å². The number of amides is 6. The van der Waals surface area contributed by atoms with E-state index in [-0.39, 0.29) is 60.6 Å². The molecule has 0 aliphatic carbocycles. The lowest BCUT2D eigenvalue weighted by Gasteiger charge is -2.36. The van der Waals surface area contributed by atoms with Gasteiger partial charge in [0.15, 0.2) is 0 Å². The first-order valence-electron chi connectivity index (χ1n) is 18.1. The summed E-state index contributed by atoms with van der Waals surface area (Å²) in [5.74, 6) is -1.94. The Morgan fingerprint density at radius 1 is 0.564 bits per heavy atom. The molecule has 0 aliphatic heterocycles. The molecule has 5 N–H and O–H groups in total. The zero-order valence-electron chi connectivity index (χ0n) is 34.6. The van der Waals surface area contributed by atoms with Crippen molar-refractivity contribution >= 4 is 35.4 Å². The fraction of sp³-hybridized carbons (Fsp3) is 0.512. The predicted octanol–water partition coefficient (Wildman–Crippen LogP) is 2.53. The highest BCUT2D eigenvalue weighted by Crippen LogP contribution is 2.16. The van der Waals surface area contributed by atoms with E-state index in [0.717, 1.165) is 0 Å². The van der Waals surface area contributed by atoms with Crippen LogP contribution in [0.1, 0.15) is 61.3 Å². The molecule has 0 aliphatic rings. The highest BCUT2D eigenvalue weighted by molar-refractivity contribution is 5.96. The summed E-state index contributed by atoms with van der Waals surface area (Å²) in [4.78, 5) is 81.4. The van der Waals surface area contributed by atoms with Gasteiger partial charge in [-0.15, -0.1) is 0 Å². The molecule has 0 saturated carbocycles. The summed E-state index contributed by atoms with van der Waals surface area (Å²) in [6, 6.07) is 0. The van der Waals surface area contributed by atoms with Gasteiger partial charge < -0.3 is 35.8 Å². The number of likely N-dealkylation sites (N-methyl/N-ethyl adjacent to an activating group) is 2. The van der Waals surface area contributed by atoms with Crippen LogP contribution in [0.2, 0.25) is 0 Å². The minimum Gasteiger partial charge on any atom is -0.375 e.